The van der Waals surface area contributed by atoms with Crippen molar-refractivity contribution in [2.24, 2.45) is 0 Å². The number of aromatic nitrogens is 3. The zero-order valence-electron chi connectivity index (χ0n) is 14.3. The normalized spacial score (nSPS) is 12.1. The molecule has 0 aliphatic carbocycles. The molecule has 0 aliphatic rings. The van der Waals surface area contributed by atoms with Crippen LogP contribution in [-0.2, 0) is 14.3 Å². The molecule has 0 radical (unpaired) electrons. The second-order valence-electron chi connectivity index (χ2n) is 5.46. The first kappa shape index (κ1) is 18.5. The molecular weight excluding hydrogens is 370 g/mol. The third-order valence-electron chi connectivity index (χ3n) is 3.59. The number of hydrogen-bond acceptors (Lipinski definition) is 8. The first-order chi connectivity index (χ1) is 12.6. The van der Waals surface area contributed by atoms with Crippen molar-refractivity contribution in [1.82, 2.24) is 15.0 Å². The number of rotatable bonds is 7. The highest BCUT2D eigenvalue weighted by atomic mass is 32.2. The maximum absolute atomic E-state index is 12.8. The number of carbonyl (C=O) groups excluding carboxylic acids is 2. The summed E-state index contributed by atoms with van der Waals surface area (Å²) in [5.41, 5.74) is 1.59. The smallest absolute Gasteiger partial charge is 0.323 e. The highest BCUT2D eigenvalue weighted by Gasteiger charge is 2.32. The van der Waals surface area contributed by atoms with Crippen molar-refractivity contribution in [2.75, 3.05) is 12.4 Å². The third kappa shape index (κ3) is 4.08. The van der Waals surface area contributed by atoms with Crippen molar-refractivity contribution >= 4 is 45.8 Å². The van der Waals surface area contributed by atoms with E-state index in [4.69, 9.17) is 4.74 Å². The van der Waals surface area contributed by atoms with Gasteiger partial charge in [-0.3, -0.25) is 9.59 Å². The van der Waals surface area contributed by atoms with Crippen molar-refractivity contribution in [1.29, 1.82) is 0 Å². The van der Waals surface area contributed by atoms with E-state index in [0.29, 0.717) is 10.0 Å². The molecule has 0 bridgehead atoms. The van der Waals surface area contributed by atoms with Gasteiger partial charge in [0.05, 0.1) is 17.9 Å². The van der Waals surface area contributed by atoms with Crippen LogP contribution in [0.1, 0.15) is 23.5 Å². The van der Waals surface area contributed by atoms with E-state index in [-0.39, 0.29) is 18.1 Å². The van der Waals surface area contributed by atoms with Crippen LogP contribution in [0.3, 0.4) is 0 Å². The van der Waals surface area contributed by atoms with Gasteiger partial charge in [0.1, 0.15) is 16.4 Å². The lowest BCUT2D eigenvalue weighted by molar-refractivity contribution is -0.147. The fourth-order valence-electron chi connectivity index (χ4n) is 2.42. The first-order valence-electron chi connectivity index (χ1n) is 8.04. The molecule has 6 nitrogen and oxygen atoms in total. The van der Waals surface area contributed by atoms with Gasteiger partial charge in [0.2, 0.25) is 0 Å². The lowest BCUT2D eigenvalue weighted by Gasteiger charge is -2.12. The van der Waals surface area contributed by atoms with Crippen LogP contribution < -0.4 is 0 Å². The second kappa shape index (κ2) is 8.37. The lowest BCUT2D eigenvalue weighted by atomic mass is 10.1. The predicted molar refractivity (Wildman–Crippen MR) is 101 cm³/mol. The first-order valence-corrected chi connectivity index (χ1v) is 9.90. The Hall–Kier alpha value is -2.32. The molecule has 1 atom stereocenters. The predicted octanol–water partition coefficient (Wildman–Crippen LogP) is 3.40. The summed E-state index contributed by atoms with van der Waals surface area (Å²) in [6.45, 7) is 3.76. The van der Waals surface area contributed by atoms with Gasteiger partial charge < -0.3 is 4.74 Å². The van der Waals surface area contributed by atoms with E-state index in [1.165, 1.54) is 29.4 Å². The second-order valence-corrected chi connectivity index (χ2v) is 7.32. The number of para-hydroxylation sites is 1. The quantitative estimate of drug-likeness (QED) is 0.266. The zero-order valence-corrected chi connectivity index (χ0v) is 16.0. The molecule has 0 N–H and O–H groups in total. The van der Waals surface area contributed by atoms with Crippen LogP contribution in [-0.4, -0.2) is 39.1 Å². The number of nitrogens with zero attached hydrogens (tertiary/aromatic N) is 3. The topological polar surface area (TPSA) is 82.0 Å². The van der Waals surface area contributed by atoms with Gasteiger partial charge in [-0.2, -0.15) is 0 Å². The molecule has 3 rings (SSSR count). The summed E-state index contributed by atoms with van der Waals surface area (Å²) >= 11 is 2.59. The summed E-state index contributed by atoms with van der Waals surface area (Å²) in [7, 11) is 0. The molecule has 134 valence electrons. The summed E-state index contributed by atoms with van der Waals surface area (Å²) in [5, 5.41) is 3.88. The van der Waals surface area contributed by atoms with E-state index in [2.05, 4.69) is 15.0 Å². The Labute approximate surface area is 159 Å². The van der Waals surface area contributed by atoms with Gasteiger partial charge in [0, 0.05) is 16.5 Å². The standard InChI is InChI=1S/C18H17N3O3S2/c1-3-24-18(23)15(17-21-11(2)8-25-17)14(22)9-26-16-12-6-4-5-7-13(12)19-10-20-16/h4-8,10,15H,3,9H2,1-2H3/t15-/m0/s1. The van der Waals surface area contributed by atoms with Crippen LogP contribution in [0, 0.1) is 6.92 Å². The summed E-state index contributed by atoms with van der Waals surface area (Å²) in [4.78, 5) is 37.9. The third-order valence-corrected chi connectivity index (χ3v) is 5.64. The minimum absolute atomic E-state index is 0.100. The van der Waals surface area contributed by atoms with Gasteiger partial charge >= 0.3 is 5.97 Å². The Morgan fingerprint density at radius 2 is 2.08 bits per heavy atom. The Balaban J connectivity index is 1.80. The average molecular weight is 387 g/mol. The number of carbonyl (C=O) groups is 2. The molecule has 3 aromatic rings. The van der Waals surface area contributed by atoms with E-state index >= 15 is 0 Å². The number of esters is 1. The minimum atomic E-state index is -0.991. The molecule has 0 aliphatic heterocycles. The zero-order chi connectivity index (χ0) is 18.5. The fraction of sp³-hybridized carbons (Fsp3) is 0.278. The Morgan fingerprint density at radius 1 is 1.27 bits per heavy atom. The molecule has 0 saturated carbocycles. The number of aryl methyl sites for hydroxylation is 1. The minimum Gasteiger partial charge on any atom is -0.465 e. The van der Waals surface area contributed by atoms with E-state index in [9.17, 15) is 9.59 Å². The van der Waals surface area contributed by atoms with Crippen LogP contribution in [0.25, 0.3) is 10.9 Å². The maximum atomic E-state index is 12.8. The monoisotopic (exact) mass is 387 g/mol. The SMILES string of the molecule is CCOC(=O)[C@@H](C(=O)CSc1ncnc2ccccc12)c1nc(C)cs1. The number of benzene rings is 1. The van der Waals surface area contributed by atoms with Crippen LogP contribution in [0.5, 0.6) is 0 Å². The van der Waals surface area contributed by atoms with Crippen LogP contribution in [0.4, 0.5) is 0 Å². The largest absolute Gasteiger partial charge is 0.465 e. The number of ether oxygens (including phenoxy) is 1. The number of Topliss-reactive ketones (excluding diaryl/α,β-unsaturated/α-hetero) is 1. The van der Waals surface area contributed by atoms with Crippen LogP contribution in [0.2, 0.25) is 0 Å². The van der Waals surface area contributed by atoms with Crippen molar-refractivity contribution in [3.05, 3.63) is 46.7 Å². The number of thioether (sulfide) groups is 1. The maximum Gasteiger partial charge on any atom is 0.323 e. The Bertz CT molecular complexity index is 937. The van der Waals surface area contributed by atoms with E-state index < -0.39 is 11.9 Å². The number of ketones is 1. The highest BCUT2D eigenvalue weighted by Crippen LogP contribution is 2.28. The van der Waals surface area contributed by atoms with Gasteiger partial charge in [0.15, 0.2) is 11.7 Å². The molecule has 0 saturated heterocycles. The molecule has 0 amide bonds. The van der Waals surface area contributed by atoms with Gasteiger partial charge in [-0.05, 0) is 19.9 Å². The van der Waals surface area contributed by atoms with Crippen molar-refractivity contribution in [3.63, 3.8) is 0 Å². The lowest BCUT2D eigenvalue weighted by Crippen LogP contribution is -2.25. The summed E-state index contributed by atoms with van der Waals surface area (Å²) in [6.07, 6.45) is 1.47. The molecular formula is C18H17N3O3S2. The van der Waals surface area contributed by atoms with Gasteiger partial charge in [-0.1, -0.05) is 30.0 Å². The number of hydrogen-bond donors (Lipinski definition) is 0. The average Bonchev–Trinajstić information content (AvgIpc) is 3.06. The van der Waals surface area contributed by atoms with E-state index in [1.807, 2.05) is 36.6 Å². The Morgan fingerprint density at radius 3 is 2.81 bits per heavy atom. The molecule has 2 heterocycles. The Kier molecular flexibility index (Phi) is 5.95. The highest BCUT2D eigenvalue weighted by molar-refractivity contribution is 8.00. The molecule has 0 fully saturated rings. The van der Waals surface area contributed by atoms with E-state index in [1.54, 1.807) is 6.92 Å². The fourth-order valence-corrected chi connectivity index (χ4v) is 4.22. The molecule has 0 unspecified atom stereocenters. The van der Waals surface area contributed by atoms with Crippen molar-refractivity contribution < 1.29 is 14.3 Å². The summed E-state index contributed by atoms with van der Waals surface area (Å²) in [6, 6.07) is 7.60. The van der Waals surface area contributed by atoms with Crippen LogP contribution in [0.15, 0.2) is 41.0 Å². The summed E-state index contributed by atoms with van der Waals surface area (Å²) in [5.74, 6) is -1.69. The summed E-state index contributed by atoms with van der Waals surface area (Å²) < 4.78 is 5.08. The number of thiazole rings is 1. The molecule has 8 heteroatoms. The van der Waals surface area contributed by atoms with E-state index in [0.717, 1.165) is 16.6 Å². The van der Waals surface area contributed by atoms with Gasteiger partial charge in [-0.15, -0.1) is 11.3 Å². The molecule has 1 aromatic carbocycles. The van der Waals surface area contributed by atoms with Crippen LogP contribution >= 0.6 is 23.1 Å². The van der Waals surface area contributed by atoms with Gasteiger partial charge in [-0.25, -0.2) is 15.0 Å². The van der Waals surface area contributed by atoms with Gasteiger partial charge in [0.25, 0.3) is 0 Å². The van der Waals surface area contributed by atoms with Crippen molar-refractivity contribution in [2.45, 2.75) is 24.8 Å². The molecule has 0 spiro atoms. The van der Waals surface area contributed by atoms with Crippen molar-refractivity contribution in [3.8, 4) is 0 Å². The molecule has 2 aromatic heterocycles. The molecule has 26 heavy (non-hydrogen) atoms. The number of fused-ring (bicyclic) bond motifs is 1.